The zero-order valence-electron chi connectivity index (χ0n) is 19.0. The van der Waals surface area contributed by atoms with Gasteiger partial charge < -0.3 is 10.2 Å². The molecule has 1 N–H and O–H groups in total. The number of carbonyl (C=O) groups is 1. The Morgan fingerprint density at radius 1 is 1.12 bits per heavy atom. The molecule has 3 aromatic rings. The summed E-state index contributed by atoms with van der Waals surface area (Å²) in [5, 5.41) is 4.78. The van der Waals surface area contributed by atoms with Crippen LogP contribution in [0.4, 0.5) is 5.82 Å². The summed E-state index contributed by atoms with van der Waals surface area (Å²) in [6.07, 6.45) is 2.67. The van der Waals surface area contributed by atoms with Gasteiger partial charge in [-0.15, -0.1) is 0 Å². The average molecular weight is 451 g/mol. The van der Waals surface area contributed by atoms with E-state index < -0.39 is 0 Å². The van der Waals surface area contributed by atoms with Gasteiger partial charge in [0, 0.05) is 35.8 Å². The second-order valence-electron chi connectivity index (χ2n) is 9.13. The maximum Gasteiger partial charge on any atom is 0.222 e. The Morgan fingerprint density at radius 3 is 2.56 bits per heavy atom. The minimum atomic E-state index is -0.0225. The van der Waals surface area contributed by atoms with E-state index in [2.05, 4.69) is 24.1 Å². The first kappa shape index (κ1) is 22.5. The first-order valence-corrected chi connectivity index (χ1v) is 11.8. The molecule has 1 amide bonds. The number of nitrogens with one attached hydrogen (secondary N) is 1. The van der Waals surface area contributed by atoms with Crippen molar-refractivity contribution in [2.24, 2.45) is 5.92 Å². The molecular formula is C26H31ClN4O. The fraction of sp³-hybridized carbons (Fsp3) is 0.423. The highest BCUT2D eigenvalue weighted by Crippen LogP contribution is 2.40. The van der Waals surface area contributed by atoms with Crippen molar-refractivity contribution in [3.8, 4) is 0 Å². The normalized spacial score (nSPS) is 14.5. The molecule has 0 saturated heterocycles. The number of carbonyl (C=O) groups excluding carboxylic acids is 1. The van der Waals surface area contributed by atoms with Crippen LogP contribution in [0.15, 0.2) is 48.5 Å². The van der Waals surface area contributed by atoms with Gasteiger partial charge in [0.05, 0.1) is 11.6 Å². The Morgan fingerprint density at radius 2 is 1.88 bits per heavy atom. The predicted molar refractivity (Wildman–Crippen MR) is 131 cm³/mol. The first-order chi connectivity index (χ1) is 15.4. The standard InChI is InChI=1S/C26H31ClN4O/c1-17(2)16-31(14-13-24(32)28-18(3)19-7-5-4-6-8-19)26-22-12-11-21(27)15-23(22)29-25(30-26)20-9-10-20/h4-8,11-12,15,17-18,20H,9-10,13-14,16H2,1-3H3,(H,28,32). The molecule has 1 atom stereocenters. The van der Waals surface area contributed by atoms with Crippen LogP contribution >= 0.6 is 11.6 Å². The summed E-state index contributed by atoms with van der Waals surface area (Å²) in [5.74, 6) is 2.71. The number of hydrogen-bond acceptors (Lipinski definition) is 4. The number of aromatic nitrogens is 2. The van der Waals surface area contributed by atoms with Gasteiger partial charge in [-0.05, 0) is 49.4 Å². The van der Waals surface area contributed by atoms with E-state index in [1.54, 1.807) is 0 Å². The van der Waals surface area contributed by atoms with Crippen LogP contribution in [0, 0.1) is 5.92 Å². The molecule has 6 heteroatoms. The van der Waals surface area contributed by atoms with Crippen LogP contribution in [0.3, 0.4) is 0 Å². The van der Waals surface area contributed by atoms with Crippen molar-refractivity contribution in [2.75, 3.05) is 18.0 Å². The lowest BCUT2D eigenvalue weighted by molar-refractivity contribution is -0.121. The van der Waals surface area contributed by atoms with Gasteiger partial charge in [0.25, 0.3) is 0 Å². The molecule has 1 aliphatic carbocycles. The topological polar surface area (TPSA) is 58.1 Å². The largest absolute Gasteiger partial charge is 0.355 e. The molecule has 1 unspecified atom stereocenters. The van der Waals surface area contributed by atoms with Crippen molar-refractivity contribution in [3.05, 3.63) is 64.9 Å². The van der Waals surface area contributed by atoms with Crippen molar-refractivity contribution in [2.45, 2.75) is 52.0 Å². The summed E-state index contributed by atoms with van der Waals surface area (Å²) < 4.78 is 0. The fourth-order valence-corrected chi connectivity index (χ4v) is 4.13. The van der Waals surface area contributed by atoms with E-state index in [1.807, 2.05) is 55.5 Å². The number of nitrogens with zero attached hydrogens (tertiary/aromatic N) is 3. The molecule has 2 aromatic carbocycles. The van der Waals surface area contributed by atoms with Gasteiger partial charge in [-0.2, -0.15) is 0 Å². The molecule has 0 spiro atoms. The van der Waals surface area contributed by atoms with Gasteiger partial charge in [-0.25, -0.2) is 9.97 Å². The molecule has 0 aliphatic heterocycles. The number of rotatable bonds is 9. The number of amides is 1. The quantitative estimate of drug-likeness (QED) is 0.441. The molecule has 0 bridgehead atoms. The van der Waals surface area contributed by atoms with Crippen molar-refractivity contribution in [1.29, 1.82) is 0 Å². The second-order valence-corrected chi connectivity index (χ2v) is 9.57. The summed E-state index contributed by atoms with van der Waals surface area (Å²) in [5.41, 5.74) is 1.98. The van der Waals surface area contributed by atoms with Gasteiger partial charge in [-0.3, -0.25) is 4.79 Å². The summed E-state index contributed by atoms with van der Waals surface area (Å²) in [7, 11) is 0. The maximum absolute atomic E-state index is 12.8. The van der Waals surface area contributed by atoms with E-state index in [0.717, 1.165) is 47.5 Å². The zero-order chi connectivity index (χ0) is 22.7. The van der Waals surface area contributed by atoms with Gasteiger partial charge >= 0.3 is 0 Å². The first-order valence-electron chi connectivity index (χ1n) is 11.5. The lowest BCUT2D eigenvalue weighted by Gasteiger charge is -2.27. The number of hydrogen-bond donors (Lipinski definition) is 1. The number of benzene rings is 2. The number of anilines is 1. The molecule has 1 aliphatic rings. The minimum absolute atomic E-state index is 0.0225. The van der Waals surface area contributed by atoms with Crippen LogP contribution in [0.2, 0.25) is 5.02 Å². The Hall–Kier alpha value is -2.66. The van der Waals surface area contributed by atoms with E-state index in [4.69, 9.17) is 21.6 Å². The highest BCUT2D eigenvalue weighted by molar-refractivity contribution is 6.31. The summed E-state index contributed by atoms with van der Waals surface area (Å²) >= 11 is 6.26. The van der Waals surface area contributed by atoms with E-state index in [9.17, 15) is 4.79 Å². The van der Waals surface area contributed by atoms with Crippen LogP contribution in [0.25, 0.3) is 10.9 Å². The number of fused-ring (bicyclic) bond motifs is 1. The second kappa shape index (κ2) is 9.86. The summed E-state index contributed by atoms with van der Waals surface area (Å²) in [6.45, 7) is 7.81. The molecule has 168 valence electrons. The average Bonchev–Trinajstić information content (AvgIpc) is 3.61. The Kier molecular flexibility index (Phi) is 6.95. The van der Waals surface area contributed by atoms with E-state index in [-0.39, 0.29) is 11.9 Å². The number of halogens is 1. The Bertz CT molecular complexity index is 1080. The molecular weight excluding hydrogens is 420 g/mol. The van der Waals surface area contributed by atoms with Crippen molar-refractivity contribution in [1.82, 2.24) is 15.3 Å². The van der Waals surface area contributed by atoms with E-state index >= 15 is 0 Å². The molecule has 1 saturated carbocycles. The SMILES string of the molecule is CC(C)CN(CCC(=O)NC(C)c1ccccc1)c1nc(C2CC2)nc2cc(Cl)ccc12. The summed E-state index contributed by atoms with van der Waals surface area (Å²) in [4.78, 5) is 24.8. The van der Waals surface area contributed by atoms with E-state index in [1.165, 1.54) is 0 Å². The monoisotopic (exact) mass is 450 g/mol. The summed E-state index contributed by atoms with van der Waals surface area (Å²) in [6, 6.07) is 15.8. The maximum atomic E-state index is 12.8. The molecule has 1 heterocycles. The molecule has 4 rings (SSSR count). The van der Waals surface area contributed by atoms with Crippen LogP contribution in [0.5, 0.6) is 0 Å². The molecule has 1 fully saturated rings. The molecule has 5 nitrogen and oxygen atoms in total. The smallest absolute Gasteiger partial charge is 0.222 e. The zero-order valence-corrected chi connectivity index (χ0v) is 19.8. The minimum Gasteiger partial charge on any atom is -0.355 e. The van der Waals surface area contributed by atoms with Gasteiger partial charge in [0.15, 0.2) is 0 Å². The molecule has 0 radical (unpaired) electrons. The highest BCUT2D eigenvalue weighted by Gasteiger charge is 2.28. The lowest BCUT2D eigenvalue weighted by atomic mass is 10.1. The van der Waals surface area contributed by atoms with Crippen LogP contribution < -0.4 is 10.2 Å². The van der Waals surface area contributed by atoms with Crippen LogP contribution in [0.1, 0.15) is 63.4 Å². The third-order valence-corrected chi connectivity index (χ3v) is 6.00. The van der Waals surface area contributed by atoms with Gasteiger partial charge in [0.2, 0.25) is 5.91 Å². The van der Waals surface area contributed by atoms with Crippen LogP contribution in [-0.4, -0.2) is 29.0 Å². The van der Waals surface area contributed by atoms with Crippen molar-refractivity contribution < 1.29 is 4.79 Å². The van der Waals surface area contributed by atoms with Crippen molar-refractivity contribution >= 4 is 34.2 Å². The third kappa shape index (κ3) is 5.57. The lowest BCUT2D eigenvalue weighted by Crippen LogP contribution is -2.34. The van der Waals surface area contributed by atoms with Crippen LogP contribution in [-0.2, 0) is 4.79 Å². The van der Waals surface area contributed by atoms with Gasteiger partial charge in [0.1, 0.15) is 11.6 Å². The predicted octanol–water partition coefficient (Wildman–Crippen LogP) is 5.89. The molecule has 1 aromatic heterocycles. The van der Waals surface area contributed by atoms with Crippen molar-refractivity contribution in [3.63, 3.8) is 0 Å². The third-order valence-electron chi connectivity index (χ3n) is 5.77. The molecule has 32 heavy (non-hydrogen) atoms. The van der Waals surface area contributed by atoms with Gasteiger partial charge in [-0.1, -0.05) is 55.8 Å². The highest BCUT2D eigenvalue weighted by atomic mass is 35.5. The fourth-order valence-electron chi connectivity index (χ4n) is 3.97. The van der Waals surface area contributed by atoms with E-state index in [0.29, 0.717) is 29.8 Å². The Balaban J connectivity index is 1.54. The Labute approximate surface area is 195 Å².